The van der Waals surface area contributed by atoms with Crippen LogP contribution in [0.4, 0.5) is 24.5 Å². The molecule has 1 saturated carbocycles. The molecular formula is C20H15F3N4O3S2. The van der Waals surface area contributed by atoms with Gasteiger partial charge in [0.2, 0.25) is 0 Å². The zero-order valence-electron chi connectivity index (χ0n) is 16.5. The molecule has 1 spiro atoms. The fourth-order valence-electron chi connectivity index (χ4n) is 3.93. The van der Waals surface area contributed by atoms with Crippen LogP contribution in [0.5, 0.6) is 0 Å². The molecule has 32 heavy (non-hydrogen) atoms. The average molecular weight is 480 g/mol. The number of aromatic nitrogens is 1. The number of halogens is 3. The van der Waals surface area contributed by atoms with Crippen LogP contribution in [-0.4, -0.2) is 36.2 Å². The molecule has 1 aromatic carbocycles. The Kier molecular flexibility index (Phi) is 5.02. The van der Waals surface area contributed by atoms with Gasteiger partial charge in [0.15, 0.2) is 20.6 Å². The molecular weight excluding hydrogens is 465 g/mol. The first kappa shape index (κ1) is 22.2. The first-order valence-electron chi connectivity index (χ1n) is 9.36. The molecule has 1 saturated heterocycles. The number of carbonyl (C=O) groups is 1. The van der Waals surface area contributed by atoms with Gasteiger partial charge in [0.05, 0.1) is 22.3 Å². The molecule has 4 rings (SSSR count). The van der Waals surface area contributed by atoms with Gasteiger partial charge in [-0.3, -0.25) is 9.69 Å². The van der Waals surface area contributed by atoms with Crippen LogP contribution in [0.25, 0.3) is 0 Å². The first-order valence-corrected chi connectivity index (χ1v) is 11.7. The van der Waals surface area contributed by atoms with E-state index in [1.54, 1.807) is 4.90 Å². The van der Waals surface area contributed by atoms with Crippen LogP contribution < -0.4 is 9.80 Å². The van der Waals surface area contributed by atoms with Crippen LogP contribution in [-0.2, 0) is 20.8 Å². The number of nitriles is 1. The van der Waals surface area contributed by atoms with E-state index in [0.717, 1.165) is 23.8 Å². The summed E-state index contributed by atoms with van der Waals surface area (Å²) in [6.07, 6.45) is -1.16. The summed E-state index contributed by atoms with van der Waals surface area (Å²) in [5.74, 6) is -0.486. The van der Waals surface area contributed by atoms with E-state index in [-0.39, 0.29) is 15.7 Å². The Morgan fingerprint density at radius 1 is 1.19 bits per heavy atom. The fraction of sp³-hybridized carbons (Fsp3) is 0.300. The van der Waals surface area contributed by atoms with Gasteiger partial charge in [0, 0.05) is 11.9 Å². The highest BCUT2D eigenvalue weighted by molar-refractivity contribution is 7.90. The van der Waals surface area contributed by atoms with Gasteiger partial charge in [-0.15, -0.1) is 0 Å². The van der Waals surface area contributed by atoms with E-state index < -0.39 is 38.7 Å². The molecule has 0 bridgehead atoms. The number of rotatable bonds is 3. The maximum absolute atomic E-state index is 13.4. The third-order valence-corrected chi connectivity index (χ3v) is 7.15. The second-order valence-corrected chi connectivity index (χ2v) is 9.99. The van der Waals surface area contributed by atoms with Crippen LogP contribution >= 0.6 is 12.2 Å². The Morgan fingerprint density at radius 2 is 1.81 bits per heavy atom. The third-order valence-electron chi connectivity index (χ3n) is 5.66. The second kappa shape index (κ2) is 7.25. The fourth-order valence-corrected chi connectivity index (χ4v) is 5.03. The lowest BCUT2D eigenvalue weighted by Gasteiger charge is -2.43. The first-order chi connectivity index (χ1) is 14.9. The predicted octanol–water partition coefficient (Wildman–Crippen LogP) is 3.44. The Bertz CT molecular complexity index is 1280. The number of hydrogen-bond acceptors (Lipinski definition) is 6. The molecule has 2 aromatic rings. The van der Waals surface area contributed by atoms with Gasteiger partial charge in [-0.05, 0) is 61.8 Å². The SMILES string of the molecule is CS(=O)(=O)c1ccc(N2C(=S)N(c3cnc(C#N)c(C(F)(F)F)c3)C(=O)C23CCC3)cc1. The second-order valence-electron chi connectivity index (χ2n) is 7.61. The van der Waals surface area contributed by atoms with Crippen LogP contribution in [0.15, 0.2) is 41.4 Å². The van der Waals surface area contributed by atoms with Crippen molar-refractivity contribution in [1.29, 1.82) is 5.26 Å². The number of carbonyl (C=O) groups excluding carboxylic acids is 1. The standard InChI is InChI=1S/C20H15F3N4O3S2/c1-32(29,30)14-5-3-12(4-6-14)27-18(31)26(17(28)19(27)7-2-8-19)13-9-15(20(21,22)23)16(10-24)25-11-13/h3-6,9,11H,2,7-8H2,1H3. The predicted molar refractivity (Wildman–Crippen MR) is 113 cm³/mol. The number of thiocarbonyl (C=S) groups is 1. The molecule has 12 heteroatoms. The summed E-state index contributed by atoms with van der Waals surface area (Å²) in [6, 6.07) is 7.90. The van der Waals surface area contributed by atoms with Gasteiger partial charge in [-0.2, -0.15) is 18.4 Å². The van der Waals surface area contributed by atoms with E-state index in [9.17, 15) is 26.4 Å². The lowest BCUT2D eigenvalue weighted by molar-refractivity contribution is -0.138. The quantitative estimate of drug-likeness (QED) is 0.621. The largest absolute Gasteiger partial charge is 0.419 e. The van der Waals surface area contributed by atoms with Crippen LogP contribution in [0.3, 0.4) is 0 Å². The highest BCUT2D eigenvalue weighted by Gasteiger charge is 2.59. The van der Waals surface area contributed by atoms with Gasteiger partial charge >= 0.3 is 6.18 Å². The summed E-state index contributed by atoms with van der Waals surface area (Å²) < 4.78 is 63.8. The Hall–Kier alpha value is -3.04. The van der Waals surface area contributed by atoms with Crippen molar-refractivity contribution in [3.8, 4) is 6.07 Å². The molecule has 2 aliphatic rings. The minimum Gasteiger partial charge on any atom is -0.303 e. The number of amides is 1. The Labute approximate surface area is 187 Å². The molecule has 1 amide bonds. The molecule has 1 aromatic heterocycles. The molecule has 1 aliphatic carbocycles. The third kappa shape index (κ3) is 3.32. The Balaban J connectivity index is 1.80. The molecule has 7 nitrogen and oxygen atoms in total. The van der Waals surface area contributed by atoms with Gasteiger partial charge < -0.3 is 4.90 Å². The van der Waals surface area contributed by atoms with Crippen LogP contribution in [0.1, 0.15) is 30.5 Å². The molecule has 1 aliphatic heterocycles. The highest BCUT2D eigenvalue weighted by atomic mass is 32.2. The van der Waals surface area contributed by atoms with Gasteiger partial charge in [0.25, 0.3) is 5.91 Å². The normalized spacial score (nSPS) is 18.1. The van der Waals surface area contributed by atoms with Gasteiger partial charge in [0.1, 0.15) is 11.6 Å². The van der Waals surface area contributed by atoms with Crippen molar-refractivity contribution in [2.45, 2.75) is 35.9 Å². The number of pyridine rings is 1. The summed E-state index contributed by atoms with van der Waals surface area (Å²) in [7, 11) is -3.44. The molecule has 0 atom stereocenters. The summed E-state index contributed by atoms with van der Waals surface area (Å²) >= 11 is 5.50. The maximum atomic E-state index is 13.4. The number of alkyl halides is 3. The summed E-state index contributed by atoms with van der Waals surface area (Å²) in [6.45, 7) is 0. The lowest BCUT2D eigenvalue weighted by atomic mass is 9.75. The van der Waals surface area contributed by atoms with Crippen molar-refractivity contribution in [1.82, 2.24) is 4.98 Å². The number of anilines is 2. The summed E-state index contributed by atoms with van der Waals surface area (Å²) in [5.41, 5.74) is -2.85. The number of sulfone groups is 1. The minimum atomic E-state index is -4.84. The van der Waals surface area contributed by atoms with Crippen molar-refractivity contribution < 1.29 is 26.4 Å². The van der Waals surface area contributed by atoms with Gasteiger partial charge in [-0.1, -0.05) is 0 Å². The summed E-state index contributed by atoms with van der Waals surface area (Å²) in [5, 5.41) is 8.93. The minimum absolute atomic E-state index is 0.0403. The molecule has 0 unspecified atom stereocenters. The van der Waals surface area contributed by atoms with E-state index in [1.807, 2.05) is 0 Å². The lowest BCUT2D eigenvalue weighted by Crippen LogP contribution is -2.55. The number of nitrogens with zero attached hydrogens (tertiary/aromatic N) is 4. The number of hydrogen-bond donors (Lipinski definition) is 0. The van der Waals surface area contributed by atoms with E-state index in [1.165, 1.54) is 30.3 Å². The molecule has 0 radical (unpaired) electrons. The van der Waals surface area contributed by atoms with E-state index in [0.29, 0.717) is 24.6 Å². The number of benzene rings is 1. The van der Waals surface area contributed by atoms with Crippen molar-refractivity contribution >= 4 is 44.4 Å². The van der Waals surface area contributed by atoms with Gasteiger partial charge in [-0.25, -0.2) is 13.4 Å². The van der Waals surface area contributed by atoms with Crippen LogP contribution in [0, 0.1) is 11.3 Å². The maximum Gasteiger partial charge on any atom is 0.419 e. The van der Waals surface area contributed by atoms with E-state index >= 15 is 0 Å². The topological polar surface area (TPSA) is 94.4 Å². The summed E-state index contributed by atoms with van der Waals surface area (Å²) in [4.78, 5) is 19.6. The van der Waals surface area contributed by atoms with Crippen molar-refractivity contribution in [3.05, 3.63) is 47.8 Å². The zero-order valence-corrected chi connectivity index (χ0v) is 18.2. The molecule has 2 fully saturated rings. The van der Waals surface area contributed by atoms with E-state index in [4.69, 9.17) is 17.5 Å². The molecule has 2 heterocycles. The smallest absolute Gasteiger partial charge is 0.303 e. The van der Waals surface area contributed by atoms with Crippen molar-refractivity contribution in [3.63, 3.8) is 0 Å². The Morgan fingerprint density at radius 3 is 2.28 bits per heavy atom. The highest BCUT2D eigenvalue weighted by Crippen LogP contribution is 2.48. The zero-order chi connectivity index (χ0) is 23.5. The van der Waals surface area contributed by atoms with Crippen molar-refractivity contribution in [2.24, 2.45) is 0 Å². The average Bonchev–Trinajstić information content (AvgIpc) is 2.93. The monoisotopic (exact) mass is 480 g/mol. The van der Waals surface area contributed by atoms with Crippen molar-refractivity contribution in [2.75, 3.05) is 16.1 Å². The van der Waals surface area contributed by atoms with Crippen LogP contribution in [0.2, 0.25) is 0 Å². The molecule has 166 valence electrons. The van der Waals surface area contributed by atoms with E-state index in [2.05, 4.69) is 4.98 Å². The molecule has 0 N–H and O–H groups in total.